The summed E-state index contributed by atoms with van der Waals surface area (Å²) >= 11 is 6.26. The second-order valence-electron chi connectivity index (χ2n) is 8.02. The lowest BCUT2D eigenvalue weighted by molar-refractivity contribution is 0.0986. The molecule has 2 heterocycles. The summed E-state index contributed by atoms with van der Waals surface area (Å²) < 4.78 is 5.90. The van der Waals surface area contributed by atoms with E-state index in [1.54, 1.807) is 0 Å². The summed E-state index contributed by atoms with van der Waals surface area (Å²) in [4.78, 5) is 4.93. The van der Waals surface area contributed by atoms with Crippen LogP contribution in [-0.2, 0) is 6.54 Å². The topological polar surface area (TPSA) is 45.4 Å². The third kappa shape index (κ3) is 5.45. The van der Waals surface area contributed by atoms with Crippen molar-refractivity contribution in [3.63, 3.8) is 0 Å². The minimum absolute atomic E-state index is 0. The second-order valence-corrected chi connectivity index (χ2v) is 8.42. The van der Waals surface area contributed by atoms with Crippen molar-refractivity contribution in [1.82, 2.24) is 20.0 Å². The molecule has 0 atom stereocenters. The maximum absolute atomic E-state index is 6.26. The first-order chi connectivity index (χ1) is 15.8. The van der Waals surface area contributed by atoms with Crippen LogP contribution in [-0.4, -0.2) is 46.2 Å². The maximum Gasteiger partial charge on any atom is 0.249 e. The maximum atomic E-state index is 6.26. The van der Waals surface area contributed by atoms with Crippen LogP contribution in [0.2, 0.25) is 5.02 Å². The van der Waals surface area contributed by atoms with E-state index in [9.17, 15) is 0 Å². The quantitative estimate of drug-likeness (QED) is 0.353. The van der Waals surface area contributed by atoms with Gasteiger partial charge < -0.3 is 4.42 Å². The predicted molar refractivity (Wildman–Crippen MR) is 134 cm³/mol. The summed E-state index contributed by atoms with van der Waals surface area (Å²) in [5.41, 5.74) is 3.42. The van der Waals surface area contributed by atoms with Gasteiger partial charge in [0.05, 0.1) is 23.2 Å². The highest BCUT2D eigenvalue weighted by Crippen LogP contribution is 2.30. The van der Waals surface area contributed by atoms with E-state index in [2.05, 4.69) is 80.7 Å². The molecule has 7 heteroatoms. The Labute approximate surface area is 205 Å². The highest BCUT2D eigenvalue weighted by atomic mass is 35.5. The lowest BCUT2D eigenvalue weighted by Gasteiger charge is -2.39. The highest BCUT2D eigenvalue weighted by Gasteiger charge is 2.27. The standard InChI is InChI=1S/C26H25ClN4O.ClH/c27-23-14-8-7-13-22(23)26-29-28-24(32-26)19-30-15-17-31(18-16-30)25(20-9-3-1-4-10-20)21-11-5-2-6-12-21;/h1-14,25H,15-19H2;1H. The number of rotatable bonds is 6. The van der Waals surface area contributed by atoms with Crippen molar-refractivity contribution < 1.29 is 4.42 Å². The van der Waals surface area contributed by atoms with Crippen molar-refractivity contribution in [2.24, 2.45) is 0 Å². The molecule has 0 aliphatic carbocycles. The Morgan fingerprint density at radius 3 is 1.94 bits per heavy atom. The van der Waals surface area contributed by atoms with Gasteiger partial charge in [0.2, 0.25) is 11.8 Å². The summed E-state index contributed by atoms with van der Waals surface area (Å²) in [5.74, 6) is 1.09. The molecule has 0 bridgehead atoms. The monoisotopic (exact) mass is 480 g/mol. The first kappa shape index (κ1) is 23.5. The average molecular weight is 481 g/mol. The Bertz CT molecular complexity index is 1110. The lowest BCUT2D eigenvalue weighted by atomic mass is 9.96. The van der Waals surface area contributed by atoms with Gasteiger partial charge in [0.1, 0.15) is 0 Å². The number of halogens is 2. The largest absolute Gasteiger partial charge is 0.419 e. The summed E-state index contributed by atoms with van der Waals surface area (Å²) in [6.45, 7) is 4.48. The number of hydrogen-bond donors (Lipinski definition) is 0. The predicted octanol–water partition coefficient (Wildman–Crippen LogP) is 5.72. The second kappa shape index (κ2) is 10.9. The molecule has 0 radical (unpaired) electrons. The number of piperazine rings is 1. The molecule has 1 aromatic heterocycles. The van der Waals surface area contributed by atoms with E-state index in [1.165, 1.54) is 11.1 Å². The zero-order chi connectivity index (χ0) is 21.8. The van der Waals surface area contributed by atoms with E-state index in [0.717, 1.165) is 31.7 Å². The number of hydrogen-bond acceptors (Lipinski definition) is 5. The van der Waals surface area contributed by atoms with Crippen LogP contribution >= 0.6 is 24.0 Å². The lowest BCUT2D eigenvalue weighted by Crippen LogP contribution is -2.47. The van der Waals surface area contributed by atoms with Crippen molar-refractivity contribution in [1.29, 1.82) is 0 Å². The smallest absolute Gasteiger partial charge is 0.249 e. The van der Waals surface area contributed by atoms with E-state index in [0.29, 0.717) is 23.3 Å². The van der Waals surface area contributed by atoms with E-state index in [-0.39, 0.29) is 18.4 Å². The first-order valence-electron chi connectivity index (χ1n) is 10.9. The molecule has 0 N–H and O–H groups in total. The fourth-order valence-electron chi connectivity index (χ4n) is 4.32. The van der Waals surface area contributed by atoms with Gasteiger partial charge in [-0.1, -0.05) is 84.4 Å². The summed E-state index contributed by atoms with van der Waals surface area (Å²) in [6, 6.07) is 29.3. The fourth-order valence-corrected chi connectivity index (χ4v) is 4.53. The van der Waals surface area contributed by atoms with Crippen LogP contribution in [0.3, 0.4) is 0 Å². The van der Waals surface area contributed by atoms with Gasteiger partial charge in [0.25, 0.3) is 0 Å². The zero-order valence-electron chi connectivity index (χ0n) is 18.2. The molecule has 0 unspecified atom stereocenters. The molecule has 3 aromatic carbocycles. The van der Waals surface area contributed by atoms with Crippen LogP contribution in [0.5, 0.6) is 0 Å². The Kier molecular flexibility index (Phi) is 7.78. The third-order valence-electron chi connectivity index (χ3n) is 5.93. The van der Waals surface area contributed by atoms with Gasteiger partial charge in [-0.25, -0.2) is 0 Å². The third-order valence-corrected chi connectivity index (χ3v) is 6.26. The summed E-state index contributed by atoms with van der Waals surface area (Å²) in [5, 5.41) is 9.06. The van der Waals surface area contributed by atoms with Crippen molar-refractivity contribution in [2.75, 3.05) is 26.2 Å². The Morgan fingerprint density at radius 1 is 0.758 bits per heavy atom. The average Bonchev–Trinajstić information content (AvgIpc) is 3.30. The Morgan fingerprint density at radius 2 is 1.33 bits per heavy atom. The van der Waals surface area contributed by atoms with Crippen LogP contribution in [0.15, 0.2) is 89.3 Å². The Balaban J connectivity index is 0.00000259. The first-order valence-corrected chi connectivity index (χ1v) is 11.3. The van der Waals surface area contributed by atoms with Crippen LogP contribution < -0.4 is 0 Å². The van der Waals surface area contributed by atoms with Crippen LogP contribution in [0.25, 0.3) is 11.5 Å². The molecule has 170 valence electrons. The minimum Gasteiger partial charge on any atom is -0.419 e. The molecular weight excluding hydrogens is 455 g/mol. The van der Waals surface area contributed by atoms with Crippen molar-refractivity contribution in [2.45, 2.75) is 12.6 Å². The van der Waals surface area contributed by atoms with Gasteiger partial charge in [-0.15, -0.1) is 22.6 Å². The SMILES string of the molecule is Cl.Clc1ccccc1-c1nnc(CN2CCN(C(c3ccccc3)c3ccccc3)CC2)o1. The molecule has 1 aliphatic heterocycles. The van der Waals surface area contributed by atoms with Gasteiger partial charge in [-0.2, -0.15) is 0 Å². The molecule has 5 rings (SSSR count). The van der Waals surface area contributed by atoms with Gasteiger partial charge >= 0.3 is 0 Å². The zero-order valence-corrected chi connectivity index (χ0v) is 19.8. The van der Waals surface area contributed by atoms with Gasteiger partial charge in [0.15, 0.2) is 0 Å². The molecule has 0 saturated carbocycles. The number of nitrogens with zero attached hydrogens (tertiary/aromatic N) is 4. The number of aromatic nitrogens is 2. The van der Waals surface area contributed by atoms with E-state index in [4.69, 9.17) is 16.0 Å². The van der Waals surface area contributed by atoms with Crippen LogP contribution in [0, 0.1) is 0 Å². The Hall–Kier alpha value is -2.70. The van der Waals surface area contributed by atoms with Gasteiger partial charge in [-0.3, -0.25) is 9.80 Å². The fraction of sp³-hybridized carbons (Fsp3) is 0.231. The summed E-state index contributed by atoms with van der Waals surface area (Å²) in [7, 11) is 0. The molecule has 0 amide bonds. The summed E-state index contributed by atoms with van der Waals surface area (Å²) in [6.07, 6.45) is 0. The van der Waals surface area contributed by atoms with Gasteiger partial charge in [0, 0.05) is 26.2 Å². The van der Waals surface area contributed by atoms with E-state index >= 15 is 0 Å². The van der Waals surface area contributed by atoms with Crippen molar-refractivity contribution in [3.05, 3.63) is 107 Å². The molecule has 4 aromatic rings. The minimum atomic E-state index is 0. The molecule has 33 heavy (non-hydrogen) atoms. The van der Waals surface area contributed by atoms with Crippen LogP contribution in [0.4, 0.5) is 0 Å². The number of benzene rings is 3. The molecule has 5 nitrogen and oxygen atoms in total. The van der Waals surface area contributed by atoms with E-state index in [1.807, 2.05) is 24.3 Å². The highest BCUT2D eigenvalue weighted by molar-refractivity contribution is 6.33. The van der Waals surface area contributed by atoms with E-state index < -0.39 is 0 Å². The molecule has 0 spiro atoms. The molecule has 1 fully saturated rings. The van der Waals surface area contributed by atoms with Gasteiger partial charge in [-0.05, 0) is 23.3 Å². The molecule has 1 aliphatic rings. The molecular formula is C26H26Cl2N4O. The molecule has 1 saturated heterocycles. The van der Waals surface area contributed by atoms with Crippen molar-refractivity contribution in [3.8, 4) is 11.5 Å². The normalized spacial score (nSPS) is 14.8. The van der Waals surface area contributed by atoms with Crippen molar-refractivity contribution >= 4 is 24.0 Å². The van der Waals surface area contributed by atoms with Crippen LogP contribution in [0.1, 0.15) is 23.1 Å².